The molecule has 4 nitrogen and oxygen atoms in total. The summed E-state index contributed by atoms with van der Waals surface area (Å²) >= 11 is 1.59. The molecule has 78 valence electrons. The number of hydrogen-bond acceptors (Lipinski definition) is 4. The molecule has 0 spiro atoms. The van der Waals surface area contributed by atoms with Crippen molar-refractivity contribution in [1.29, 1.82) is 0 Å². The number of rotatable bonds is 3. The van der Waals surface area contributed by atoms with Crippen molar-refractivity contribution in [2.45, 2.75) is 20.4 Å². The molecule has 0 amide bonds. The summed E-state index contributed by atoms with van der Waals surface area (Å²) in [4.78, 5) is 15.2. The standard InChI is InChI=1S/C10H11N3OS/c1-7-6-15-10(12-7)9-3-11-13(5-9)4-8(2)14/h3,5-6H,4H2,1-2H3. The van der Waals surface area contributed by atoms with E-state index in [4.69, 9.17) is 0 Å². The van der Waals surface area contributed by atoms with Gasteiger partial charge < -0.3 is 0 Å². The van der Waals surface area contributed by atoms with Crippen LogP contribution in [0.3, 0.4) is 0 Å². The van der Waals surface area contributed by atoms with E-state index in [1.807, 2.05) is 18.5 Å². The summed E-state index contributed by atoms with van der Waals surface area (Å²) in [6, 6.07) is 0. The lowest BCUT2D eigenvalue weighted by atomic mass is 10.4. The molecule has 0 aromatic carbocycles. The molecular weight excluding hydrogens is 210 g/mol. The van der Waals surface area contributed by atoms with Gasteiger partial charge in [0, 0.05) is 22.8 Å². The molecule has 2 aromatic heterocycles. The topological polar surface area (TPSA) is 47.8 Å². The lowest BCUT2D eigenvalue weighted by Gasteiger charge is -1.93. The summed E-state index contributed by atoms with van der Waals surface area (Å²) < 4.78 is 1.63. The summed E-state index contributed by atoms with van der Waals surface area (Å²) in [6.07, 6.45) is 3.58. The van der Waals surface area contributed by atoms with Gasteiger partial charge >= 0.3 is 0 Å². The Hall–Kier alpha value is -1.49. The van der Waals surface area contributed by atoms with Gasteiger partial charge in [0.15, 0.2) is 5.78 Å². The number of ketones is 1. The average molecular weight is 221 g/mol. The first-order chi connectivity index (χ1) is 7.15. The Labute approximate surface area is 91.6 Å². The van der Waals surface area contributed by atoms with Crippen LogP contribution in [0.4, 0.5) is 0 Å². The number of carbonyl (C=O) groups is 1. The quantitative estimate of drug-likeness (QED) is 0.795. The van der Waals surface area contributed by atoms with Crippen molar-refractivity contribution in [3.05, 3.63) is 23.5 Å². The molecule has 0 saturated carbocycles. The van der Waals surface area contributed by atoms with Crippen molar-refractivity contribution in [3.63, 3.8) is 0 Å². The smallest absolute Gasteiger partial charge is 0.151 e. The second-order valence-corrected chi connectivity index (χ2v) is 4.28. The predicted molar refractivity (Wildman–Crippen MR) is 58.8 cm³/mol. The van der Waals surface area contributed by atoms with E-state index in [0.717, 1.165) is 16.3 Å². The minimum absolute atomic E-state index is 0.0972. The molecule has 15 heavy (non-hydrogen) atoms. The van der Waals surface area contributed by atoms with E-state index in [9.17, 15) is 4.79 Å². The van der Waals surface area contributed by atoms with Crippen LogP contribution in [0.5, 0.6) is 0 Å². The lowest BCUT2D eigenvalue weighted by Crippen LogP contribution is -2.05. The molecule has 0 aliphatic rings. The third-order valence-corrected chi connectivity index (χ3v) is 2.89. The second-order valence-electron chi connectivity index (χ2n) is 3.42. The van der Waals surface area contributed by atoms with E-state index in [1.54, 1.807) is 29.1 Å². The first-order valence-electron chi connectivity index (χ1n) is 4.59. The van der Waals surface area contributed by atoms with Crippen LogP contribution in [0.2, 0.25) is 0 Å². The lowest BCUT2D eigenvalue weighted by molar-refractivity contribution is -0.117. The average Bonchev–Trinajstić information content (AvgIpc) is 2.72. The highest BCUT2D eigenvalue weighted by molar-refractivity contribution is 7.13. The van der Waals surface area contributed by atoms with Crippen LogP contribution in [0.25, 0.3) is 10.6 Å². The number of nitrogens with zero attached hydrogens (tertiary/aromatic N) is 3. The van der Waals surface area contributed by atoms with Gasteiger partial charge in [0.2, 0.25) is 0 Å². The van der Waals surface area contributed by atoms with Gasteiger partial charge in [-0.15, -0.1) is 11.3 Å². The van der Waals surface area contributed by atoms with E-state index in [0.29, 0.717) is 6.54 Å². The molecule has 0 saturated heterocycles. The molecule has 0 radical (unpaired) electrons. The highest BCUT2D eigenvalue weighted by atomic mass is 32.1. The zero-order valence-electron chi connectivity index (χ0n) is 8.60. The van der Waals surface area contributed by atoms with Gasteiger partial charge in [0.05, 0.1) is 12.7 Å². The summed E-state index contributed by atoms with van der Waals surface area (Å²) in [5.41, 5.74) is 1.98. The molecule has 0 fully saturated rings. The van der Waals surface area contributed by atoms with Gasteiger partial charge in [-0.2, -0.15) is 5.10 Å². The van der Waals surface area contributed by atoms with E-state index < -0.39 is 0 Å². The Balaban J connectivity index is 2.23. The van der Waals surface area contributed by atoms with E-state index in [2.05, 4.69) is 10.1 Å². The number of Topliss-reactive ketones (excluding diaryl/α,β-unsaturated/α-hetero) is 1. The van der Waals surface area contributed by atoms with Crippen LogP contribution >= 0.6 is 11.3 Å². The second kappa shape index (κ2) is 3.94. The monoisotopic (exact) mass is 221 g/mol. The van der Waals surface area contributed by atoms with Crippen molar-refractivity contribution in [2.75, 3.05) is 0 Å². The van der Waals surface area contributed by atoms with Gasteiger partial charge in [-0.1, -0.05) is 0 Å². The predicted octanol–water partition coefficient (Wildman–Crippen LogP) is 1.90. The molecule has 0 aliphatic heterocycles. The Morgan fingerprint density at radius 2 is 2.40 bits per heavy atom. The van der Waals surface area contributed by atoms with Crippen molar-refractivity contribution >= 4 is 17.1 Å². The molecule has 2 rings (SSSR count). The molecule has 0 N–H and O–H groups in total. The highest BCUT2D eigenvalue weighted by Crippen LogP contribution is 2.22. The Bertz CT molecular complexity index is 486. The van der Waals surface area contributed by atoms with Crippen molar-refractivity contribution in [2.24, 2.45) is 0 Å². The minimum atomic E-state index is 0.0972. The number of carbonyl (C=O) groups excluding carboxylic acids is 1. The van der Waals surface area contributed by atoms with Gasteiger partial charge in [-0.25, -0.2) is 4.98 Å². The van der Waals surface area contributed by atoms with E-state index in [1.165, 1.54) is 0 Å². The maximum absolute atomic E-state index is 10.9. The van der Waals surface area contributed by atoms with Crippen LogP contribution < -0.4 is 0 Å². The normalized spacial score (nSPS) is 10.5. The zero-order chi connectivity index (χ0) is 10.8. The molecule has 0 atom stereocenters. The first kappa shape index (κ1) is 10.0. The largest absolute Gasteiger partial charge is 0.298 e. The van der Waals surface area contributed by atoms with E-state index >= 15 is 0 Å². The summed E-state index contributed by atoms with van der Waals surface area (Å²) in [5, 5.41) is 7.05. The molecule has 2 heterocycles. The molecule has 0 unspecified atom stereocenters. The first-order valence-corrected chi connectivity index (χ1v) is 5.47. The summed E-state index contributed by atoms with van der Waals surface area (Å²) in [6.45, 7) is 3.83. The van der Waals surface area contributed by atoms with Gasteiger partial charge in [0.25, 0.3) is 0 Å². The number of hydrogen-bond donors (Lipinski definition) is 0. The fourth-order valence-corrected chi connectivity index (χ4v) is 2.05. The van der Waals surface area contributed by atoms with Crippen LogP contribution in [-0.4, -0.2) is 20.5 Å². The molecular formula is C10H11N3OS. The molecule has 0 bridgehead atoms. The Kier molecular flexibility index (Phi) is 2.64. The van der Waals surface area contributed by atoms with Crippen LogP contribution in [0, 0.1) is 6.92 Å². The van der Waals surface area contributed by atoms with Crippen LogP contribution in [0.1, 0.15) is 12.6 Å². The van der Waals surface area contributed by atoms with E-state index in [-0.39, 0.29) is 5.78 Å². The van der Waals surface area contributed by atoms with Crippen molar-refractivity contribution in [1.82, 2.24) is 14.8 Å². The number of aryl methyl sites for hydroxylation is 1. The Morgan fingerprint density at radius 3 is 3.00 bits per heavy atom. The maximum Gasteiger partial charge on any atom is 0.151 e. The van der Waals surface area contributed by atoms with Crippen molar-refractivity contribution in [3.8, 4) is 10.6 Å². The molecule has 5 heteroatoms. The maximum atomic E-state index is 10.9. The number of thiazole rings is 1. The SMILES string of the molecule is CC(=O)Cn1cc(-c2nc(C)cs2)cn1. The minimum Gasteiger partial charge on any atom is -0.298 e. The van der Waals surface area contributed by atoms with Crippen LogP contribution in [-0.2, 0) is 11.3 Å². The molecule has 2 aromatic rings. The van der Waals surface area contributed by atoms with Crippen molar-refractivity contribution < 1.29 is 4.79 Å². The van der Waals surface area contributed by atoms with Gasteiger partial charge in [-0.3, -0.25) is 9.48 Å². The summed E-state index contributed by atoms with van der Waals surface area (Å²) in [7, 11) is 0. The fourth-order valence-electron chi connectivity index (χ4n) is 1.28. The zero-order valence-corrected chi connectivity index (χ0v) is 9.41. The fraction of sp³-hybridized carbons (Fsp3) is 0.300. The van der Waals surface area contributed by atoms with Gasteiger partial charge in [-0.05, 0) is 13.8 Å². The number of aromatic nitrogens is 3. The Morgan fingerprint density at radius 1 is 1.60 bits per heavy atom. The summed E-state index contributed by atoms with van der Waals surface area (Å²) in [5.74, 6) is 0.0972. The van der Waals surface area contributed by atoms with Gasteiger partial charge in [0.1, 0.15) is 5.01 Å². The van der Waals surface area contributed by atoms with Crippen LogP contribution in [0.15, 0.2) is 17.8 Å². The third-order valence-electron chi connectivity index (χ3n) is 1.88. The third kappa shape index (κ3) is 2.30. The molecule has 0 aliphatic carbocycles. The highest BCUT2D eigenvalue weighted by Gasteiger charge is 2.06.